The van der Waals surface area contributed by atoms with Gasteiger partial charge in [0.25, 0.3) is 0 Å². The fourth-order valence-electron chi connectivity index (χ4n) is 3.47. The van der Waals surface area contributed by atoms with Crippen molar-refractivity contribution in [3.05, 3.63) is 107 Å². The number of carbonyl (C=O) groups is 2. The number of amides is 2. The number of hydrogen-bond donors (Lipinski definition) is 2. The average molecular weight is 486 g/mol. The molecule has 0 aliphatic heterocycles. The first kappa shape index (κ1) is 24.0. The van der Waals surface area contributed by atoms with E-state index in [1.165, 1.54) is 0 Å². The summed E-state index contributed by atoms with van der Waals surface area (Å²) in [6.45, 7) is 0.360. The molecule has 4 rings (SSSR count). The van der Waals surface area contributed by atoms with Crippen molar-refractivity contribution >= 4 is 46.1 Å². The van der Waals surface area contributed by atoms with Gasteiger partial charge >= 0.3 is 0 Å². The Kier molecular flexibility index (Phi) is 8.09. The smallest absolute Gasteiger partial charge is 0.240 e. The quantitative estimate of drug-likeness (QED) is 0.227. The summed E-state index contributed by atoms with van der Waals surface area (Å²) in [7, 11) is 0. The summed E-state index contributed by atoms with van der Waals surface area (Å²) in [5.74, 6) is 0.0505. The molecular weight excluding hydrogens is 462 g/mol. The van der Waals surface area contributed by atoms with Gasteiger partial charge in [0.1, 0.15) is 12.4 Å². The van der Waals surface area contributed by atoms with Crippen molar-refractivity contribution in [3.63, 3.8) is 0 Å². The molecular formula is C28H24ClN3O3. The molecule has 0 aromatic heterocycles. The van der Waals surface area contributed by atoms with Crippen LogP contribution < -0.4 is 15.5 Å². The molecule has 4 aromatic carbocycles. The Hall–Kier alpha value is -4.16. The third-order valence-electron chi connectivity index (χ3n) is 5.26. The van der Waals surface area contributed by atoms with E-state index in [-0.39, 0.29) is 24.7 Å². The van der Waals surface area contributed by atoms with Crippen LogP contribution in [0, 0.1) is 0 Å². The van der Waals surface area contributed by atoms with E-state index >= 15 is 0 Å². The number of anilines is 1. The Bertz CT molecular complexity index is 1340. The molecule has 0 saturated heterocycles. The summed E-state index contributed by atoms with van der Waals surface area (Å²) in [5, 5.41) is 9.52. The lowest BCUT2D eigenvalue weighted by Crippen LogP contribution is -2.20. The Balaban J connectivity index is 1.39. The van der Waals surface area contributed by atoms with Crippen LogP contribution in [0.15, 0.2) is 96.1 Å². The van der Waals surface area contributed by atoms with Gasteiger partial charge in [0.05, 0.1) is 6.21 Å². The zero-order chi connectivity index (χ0) is 24.5. The van der Waals surface area contributed by atoms with E-state index in [1.54, 1.807) is 18.3 Å². The molecule has 0 atom stereocenters. The Labute approximate surface area is 208 Å². The van der Waals surface area contributed by atoms with Crippen LogP contribution in [0.4, 0.5) is 5.69 Å². The molecule has 2 amide bonds. The minimum absolute atomic E-state index is 0.0193. The number of fused-ring (bicyclic) bond motifs is 1. The SMILES string of the molecule is O=C(CCC(=O)Nc1ccccc1)NN=Cc1c(OCc2ccc(Cl)cc2)ccc2ccccc12. The van der Waals surface area contributed by atoms with Crippen LogP contribution in [0.25, 0.3) is 10.8 Å². The second-order valence-electron chi connectivity index (χ2n) is 7.82. The summed E-state index contributed by atoms with van der Waals surface area (Å²) >= 11 is 5.96. The molecule has 0 radical (unpaired) electrons. The molecule has 0 bridgehead atoms. The highest BCUT2D eigenvalue weighted by molar-refractivity contribution is 6.30. The van der Waals surface area contributed by atoms with Gasteiger partial charge in [-0.15, -0.1) is 0 Å². The molecule has 4 aromatic rings. The van der Waals surface area contributed by atoms with Crippen molar-refractivity contribution in [3.8, 4) is 5.75 Å². The number of nitrogens with zero attached hydrogens (tertiary/aromatic N) is 1. The number of hydrazone groups is 1. The lowest BCUT2D eigenvalue weighted by Gasteiger charge is -2.12. The van der Waals surface area contributed by atoms with E-state index in [1.807, 2.05) is 78.9 Å². The summed E-state index contributed by atoms with van der Waals surface area (Å²) in [4.78, 5) is 24.3. The van der Waals surface area contributed by atoms with Crippen LogP contribution in [-0.4, -0.2) is 18.0 Å². The average Bonchev–Trinajstić information content (AvgIpc) is 2.88. The van der Waals surface area contributed by atoms with E-state index in [4.69, 9.17) is 16.3 Å². The topological polar surface area (TPSA) is 79.8 Å². The maximum atomic E-state index is 12.2. The first-order chi connectivity index (χ1) is 17.1. The Morgan fingerprint density at radius 1 is 0.829 bits per heavy atom. The van der Waals surface area contributed by atoms with Gasteiger partial charge in [-0.1, -0.05) is 72.3 Å². The highest BCUT2D eigenvalue weighted by Gasteiger charge is 2.09. The minimum atomic E-state index is -0.353. The van der Waals surface area contributed by atoms with Crippen LogP contribution >= 0.6 is 11.6 Å². The lowest BCUT2D eigenvalue weighted by molar-refractivity contribution is -0.124. The molecule has 176 valence electrons. The summed E-state index contributed by atoms with van der Waals surface area (Å²) in [5.41, 5.74) is 4.92. The lowest BCUT2D eigenvalue weighted by atomic mass is 10.0. The van der Waals surface area contributed by atoms with Gasteiger partial charge in [-0.2, -0.15) is 5.10 Å². The normalized spacial score (nSPS) is 10.9. The van der Waals surface area contributed by atoms with Gasteiger partial charge in [0.15, 0.2) is 0 Å². The first-order valence-corrected chi connectivity index (χ1v) is 11.5. The van der Waals surface area contributed by atoms with Gasteiger partial charge < -0.3 is 10.1 Å². The molecule has 6 nitrogen and oxygen atoms in total. The van der Waals surface area contributed by atoms with Crippen LogP contribution in [0.2, 0.25) is 5.02 Å². The monoisotopic (exact) mass is 485 g/mol. The fourth-order valence-corrected chi connectivity index (χ4v) is 3.60. The number of hydrogen-bond acceptors (Lipinski definition) is 4. The third-order valence-corrected chi connectivity index (χ3v) is 5.51. The van der Waals surface area contributed by atoms with Crippen molar-refractivity contribution in [2.24, 2.45) is 5.10 Å². The molecule has 0 saturated carbocycles. The predicted molar refractivity (Wildman–Crippen MR) is 140 cm³/mol. The molecule has 2 N–H and O–H groups in total. The second kappa shape index (κ2) is 11.8. The van der Waals surface area contributed by atoms with Gasteiger partial charge in [0.2, 0.25) is 11.8 Å². The summed E-state index contributed by atoms with van der Waals surface area (Å²) < 4.78 is 6.06. The number of benzene rings is 4. The molecule has 0 heterocycles. The highest BCUT2D eigenvalue weighted by Crippen LogP contribution is 2.27. The van der Waals surface area contributed by atoms with Crippen molar-refractivity contribution in [2.75, 3.05) is 5.32 Å². The molecule has 0 unspecified atom stereocenters. The van der Waals surface area contributed by atoms with E-state index in [9.17, 15) is 9.59 Å². The Morgan fingerprint density at radius 2 is 1.54 bits per heavy atom. The molecule has 0 spiro atoms. The maximum absolute atomic E-state index is 12.2. The number of ether oxygens (including phenoxy) is 1. The first-order valence-electron chi connectivity index (χ1n) is 11.1. The van der Waals surface area contributed by atoms with E-state index in [2.05, 4.69) is 15.8 Å². The molecule has 0 fully saturated rings. The summed E-state index contributed by atoms with van der Waals surface area (Å²) in [6.07, 6.45) is 1.65. The summed E-state index contributed by atoms with van der Waals surface area (Å²) in [6, 6.07) is 28.3. The highest BCUT2D eigenvalue weighted by atomic mass is 35.5. The van der Waals surface area contributed by atoms with E-state index in [0.29, 0.717) is 23.1 Å². The maximum Gasteiger partial charge on any atom is 0.240 e. The van der Waals surface area contributed by atoms with E-state index < -0.39 is 0 Å². The predicted octanol–water partition coefficient (Wildman–Crippen LogP) is 5.94. The number of rotatable bonds is 9. The van der Waals surface area contributed by atoms with Crippen molar-refractivity contribution in [1.82, 2.24) is 5.43 Å². The third kappa shape index (κ3) is 6.91. The number of nitrogens with one attached hydrogen (secondary N) is 2. The van der Waals surface area contributed by atoms with Crippen LogP contribution in [0.3, 0.4) is 0 Å². The number of carbonyl (C=O) groups excluding carboxylic acids is 2. The van der Waals surface area contributed by atoms with Gasteiger partial charge in [0, 0.05) is 29.1 Å². The minimum Gasteiger partial charge on any atom is -0.488 e. The Morgan fingerprint density at radius 3 is 2.34 bits per heavy atom. The van der Waals surface area contributed by atoms with Crippen molar-refractivity contribution < 1.29 is 14.3 Å². The largest absolute Gasteiger partial charge is 0.488 e. The molecule has 0 aliphatic rings. The van der Waals surface area contributed by atoms with Crippen molar-refractivity contribution in [2.45, 2.75) is 19.4 Å². The van der Waals surface area contributed by atoms with Crippen molar-refractivity contribution in [1.29, 1.82) is 0 Å². The zero-order valence-electron chi connectivity index (χ0n) is 18.9. The van der Waals surface area contributed by atoms with Gasteiger partial charge in [-0.3, -0.25) is 9.59 Å². The van der Waals surface area contributed by atoms with Crippen LogP contribution in [0.1, 0.15) is 24.0 Å². The van der Waals surface area contributed by atoms with Crippen LogP contribution in [-0.2, 0) is 16.2 Å². The van der Waals surface area contributed by atoms with Gasteiger partial charge in [-0.25, -0.2) is 5.43 Å². The number of para-hydroxylation sites is 1. The molecule has 35 heavy (non-hydrogen) atoms. The van der Waals surface area contributed by atoms with Crippen LogP contribution in [0.5, 0.6) is 5.75 Å². The van der Waals surface area contributed by atoms with Gasteiger partial charge in [-0.05, 0) is 46.7 Å². The molecule has 7 heteroatoms. The van der Waals surface area contributed by atoms with E-state index in [0.717, 1.165) is 21.9 Å². The fraction of sp³-hybridized carbons (Fsp3) is 0.107. The standard InChI is InChI=1S/C28H24ClN3O3/c29-22-13-10-20(11-14-22)19-35-26-15-12-21-6-4-5-9-24(21)25(26)18-30-32-28(34)17-16-27(33)31-23-7-2-1-3-8-23/h1-15,18H,16-17,19H2,(H,31,33)(H,32,34). The number of halogens is 1. The molecule has 0 aliphatic carbocycles. The zero-order valence-corrected chi connectivity index (χ0v) is 19.7. The second-order valence-corrected chi connectivity index (χ2v) is 8.26.